The van der Waals surface area contributed by atoms with E-state index in [2.05, 4.69) is 22.9 Å². The second-order valence-electron chi connectivity index (χ2n) is 6.91. The molecular weight excluding hydrogens is 370 g/mol. The van der Waals surface area contributed by atoms with Crippen molar-refractivity contribution in [1.29, 1.82) is 0 Å². The smallest absolute Gasteiger partial charge is 0.319 e. The molecule has 3 aromatic rings. The Balaban J connectivity index is 1.41. The molecule has 1 aromatic carbocycles. The molecule has 0 aliphatic heterocycles. The van der Waals surface area contributed by atoms with Crippen molar-refractivity contribution in [3.8, 4) is 0 Å². The van der Waals surface area contributed by atoms with E-state index in [1.165, 1.54) is 28.7 Å². The van der Waals surface area contributed by atoms with Crippen LogP contribution < -0.4 is 16.0 Å². The van der Waals surface area contributed by atoms with Crippen molar-refractivity contribution in [2.24, 2.45) is 0 Å². The molecule has 0 bridgehead atoms. The molecule has 1 aliphatic rings. The van der Waals surface area contributed by atoms with Gasteiger partial charge in [-0.3, -0.25) is 0 Å². The summed E-state index contributed by atoms with van der Waals surface area (Å²) < 4.78 is 0. The Morgan fingerprint density at radius 1 is 1.11 bits per heavy atom. The molecule has 0 saturated carbocycles. The molecule has 2 amide bonds. The number of nitrogens with one attached hydrogen (secondary N) is 3. The first kappa shape index (κ1) is 18.7. The van der Waals surface area contributed by atoms with Crippen LogP contribution in [0.4, 0.5) is 16.3 Å². The Morgan fingerprint density at radius 3 is 2.75 bits per heavy atom. The van der Waals surface area contributed by atoms with E-state index in [1.54, 1.807) is 0 Å². The van der Waals surface area contributed by atoms with Crippen LogP contribution >= 0.6 is 11.3 Å². The molecule has 0 atom stereocenters. The predicted molar refractivity (Wildman–Crippen MR) is 115 cm³/mol. The minimum absolute atomic E-state index is 0.206. The SMILES string of the molecule is CCc1nc(NCCNC(=O)Nc2ccccc2)c2c3c(sc2n1)CCCC3. The summed E-state index contributed by atoms with van der Waals surface area (Å²) >= 11 is 1.82. The fraction of sp³-hybridized carbons (Fsp3) is 0.381. The van der Waals surface area contributed by atoms with E-state index in [-0.39, 0.29) is 6.03 Å². The average molecular weight is 396 g/mol. The molecule has 6 nitrogen and oxygen atoms in total. The summed E-state index contributed by atoms with van der Waals surface area (Å²) in [6.45, 7) is 3.20. The lowest BCUT2D eigenvalue weighted by molar-refractivity contribution is 0.252. The van der Waals surface area contributed by atoms with Gasteiger partial charge in [0.2, 0.25) is 0 Å². The van der Waals surface area contributed by atoms with Crippen LogP contribution in [0.15, 0.2) is 30.3 Å². The van der Waals surface area contributed by atoms with Crippen LogP contribution in [-0.4, -0.2) is 29.1 Å². The van der Waals surface area contributed by atoms with E-state index >= 15 is 0 Å². The summed E-state index contributed by atoms with van der Waals surface area (Å²) in [7, 11) is 0. The Morgan fingerprint density at radius 2 is 1.93 bits per heavy atom. The molecule has 146 valence electrons. The van der Waals surface area contributed by atoms with Crippen LogP contribution in [0.25, 0.3) is 10.2 Å². The molecule has 0 unspecified atom stereocenters. The number of hydrogen-bond donors (Lipinski definition) is 3. The highest BCUT2D eigenvalue weighted by Crippen LogP contribution is 2.38. The van der Waals surface area contributed by atoms with E-state index < -0.39 is 0 Å². The Labute approximate surface area is 168 Å². The first-order chi connectivity index (χ1) is 13.7. The van der Waals surface area contributed by atoms with Crippen molar-refractivity contribution in [1.82, 2.24) is 15.3 Å². The largest absolute Gasteiger partial charge is 0.368 e. The Hall–Kier alpha value is -2.67. The van der Waals surface area contributed by atoms with Crippen molar-refractivity contribution < 1.29 is 4.79 Å². The normalized spacial score (nSPS) is 13.2. The van der Waals surface area contributed by atoms with Crippen molar-refractivity contribution in [3.05, 3.63) is 46.6 Å². The van der Waals surface area contributed by atoms with Crippen LogP contribution in [0, 0.1) is 0 Å². The Kier molecular flexibility index (Phi) is 5.71. The summed E-state index contributed by atoms with van der Waals surface area (Å²) in [4.78, 5) is 24.1. The standard InChI is InChI=1S/C21H25N5OS/c1-2-17-25-19(18-15-10-6-7-11-16(15)28-20(18)26-17)22-12-13-23-21(27)24-14-8-4-3-5-9-14/h3-5,8-9H,2,6-7,10-13H2,1H3,(H,22,25,26)(H2,23,24,27). The first-order valence-corrected chi connectivity index (χ1v) is 10.7. The summed E-state index contributed by atoms with van der Waals surface area (Å²) in [5.74, 6) is 1.77. The highest BCUT2D eigenvalue weighted by molar-refractivity contribution is 7.19. The fourth-order valence-electron chi connectivity index (χ4n) is 3.54. The molecule has 1 aliphatic carbocycles. The van der Waals surface area contributed by atoms with Gasteiger partial charge in [0.1, 0.15) is 16.5 Å². The van der Waals surface area contributed by atoms with E-state index in [4.69, 9.17) is 9.97 Å². The lowest BCUT2D eigenvalue weighted by Gasteiger charge is -2.13. The molecule has 4 rings (SSSR count). The number of fused-ring (bicyclic) bond motifs is 3. The molecule has 0 fully saturated rings. The first-order valence-electron chi connectivity index (χ1n) is 9.89. The number of hydrogen-bond acceptors (Lipinski definition) is 5. The second kappa shape index (κ2) is 8.56. The fourth-order valence-corrected chi connectivity index (χ4v) is 4.82. The van der Waals surface area contributed by atoms with Gasteiger partial charge in [0.15, 0.2) is 0 Å². The van der Waals surface area contributed by atoms with E-state index in [1.807, 2.05) is 41.7 Å². The van der Waals surface area contributed by atoms with Gasteiger partial charge in [0.25, 0.3) is 0 Å². The number of amides is 2. The van der Waals surface area contributed by atoms with Gasteiger partial charge in [-0.15, -0.1) is 11.3 Å². The Bertz CT molecular complexity index is 970. The van der Waals surface area contributed by atoms with Crippen LogP contribution in [-0.2, 0) is 19.3 Å². The molecule has 3 N–H and O–H groups in total. The number of para-hydroxylation sites is 1. The third kappa shape index (κ3) is 4.09. The van der Waals surface area contributed by atoms with E-state index in [9.17, 15) is 4.79 Å². The average Bonchev–Trinajstić information content (AvgIpc) is 3.10. The molecule has 28 heavy (non-hydrogen) atoms. The molecule has 7 heteroatoms. The topological polar surface area (TPSA) is 78.9 Å². The maximum absolute atomic E-state index is 12.0. The lowest BCUT2D eigenvalue weighted by atomic mass is 9.97. The second-order valence-corrected chi connectivity index (χ2v) is 7.99. The number of aryl methyl sites for hydroxylation is 3. The highest BCUT2D eigenvalue weighted by Gasteiger charge is 2.20. The molecule has 2 heterocycles. The third-order valence-electron chi connectivity index (χ3n) is 4.91. The number of carbonyl (C=O) groups is 1. The number of nitrogens with zero attached hydrogens (tertiary/aromatic N) is 2. The number of benzene rings is 1. The van der Waals surface area contributed by atoms with Crippen LogP contribution in [0.3, 0.4) is 0 Å². The minimum atomic E-state index is -0.206. The zero-order valence-corrected chi connectivity index (χ0v) is 16.9. The number of aromatic nitrogens is 2. The quantitative estimate of drug-likeness (QED) is 0.542. The van der Waals surface area contributed by atoms with Crippen molar-refractivity contribution in [2.75, 3.05) is 23.7 Å². The zero-order valence-electron chi connectivity index (χ0n) is 16.0. The summed E-state index contributed by atoms with van der Waals surface area (Å²) in [6, 6.07) is 9.23. The lowest BCUT2D eigenvalue weighted by Crippen LogP contribution is -2.32. The third-order valence-corrected chi connectivity index (χ3v) is 6.10. The highest BCUT2D eigenvalue weighted by atomic mass is 32.1. The van der Waals surface area contributed by atoms with Gasteiger partial charge >= 0.3 is 6.03 Å². The van der Waals surface area contributed by atoms with Gasteiger partial charge in [0.05, 0.1) is 5.39 Å². The van der Waals surface area contributed by atoms with Crippen molar-refractivity contribution in [3.63, 3.8) is 0 Å². The zero-order chi connectivity index (χ0) is 19.3. The number of anilines is 2. The van der Waals surface area contributed by atoms with Gasteiger partial charge in [-0.25, -0.2) is 14.8 Å². The van der Waals surface area contributed by atoms with E-state index in [0.717, 1.165) is 41.4 Å². The van der Waals surface area contributed by atoms with Gasteiger partial charge in [-0.1, -0.05) is 25.1 Å². The number of urea groups is 1. The van der Waals surface area contributed by atoms with Crippen LogP contribution in [0.2, 0.25) is 0 Å². The molecule has 0 saturated heterocycles. The monoisotopic (exact) mass is 395 g/mol. The summed E-state index contributed by atoms with van der Waals surface area (Å²) in [5.41, 5.74) is 2.20. The van der Waals surface area contributed by atoms with Crippen molar-refractivity contribution >= 4 is 39.1 Å². The molecule has 0 radical (unpaired) electrons. The predicted octanol–water partition coefficient (Wildman–Crippen LogP) is 4.37. The summed E-state index contributed by atoms with van der Waals surface area (Å²) in [5, 5.41) is 10.3. The van der Waals surface area contributed by atoms with Gasteiger partial charge in [-0.2, -0.15) is 0 Å². The maximum Gasteiger partial charge on any atom is 0.319 e. The minimum Gasteiger partial charge on any atom is -0.368 e. The molecule has 2 aromatic heterocycles. The number of thiophene rings is 1. The molecule has 0 spiro atoms. The van der Waals surface area contributed by atoms with E-state index in [0.29, 0.717) is 13.1 Å². The van der Waals surface area contributed by atoms with Crippen molar-refractivity contribution in [2.45, 2.75) is 39.0 Å². The van der Waals surface area contributed by atoms with Gasteiger partial charge < -0.3 is 16.0 Å². The summed E-state index contributed by atoms with van der Waals surface area (Å²) in [6.07, 6.45) is 5.56. The van der Waals surface area contributed by atoms with Gasteiger partial charge in [0, 0.05) is 30.1 Å². The maximum atomic E-state index is 12.0. The number of carbonyl (C=O) groups excluding carboxylic acids is 1. The number of rotatable bonds is 6. The van der Waals surface area contributed by atoms with Crippen LogP contribution in [0.1, 0.15) is 36.0 Å². The van der Waals surface area contributed by atoms with Gasteiger partial charge in [-0.05, 0) is 43.4 Å². The molecular formula is C21H25N5OS. The van der Waals surface area contributed by atoms with Crippen LogP contribution in [0.5, 0.6) is 0 Å².